The Bertz CT molecular complexity index is 1150. The van der Waals surface area contributed by atoms with Gasteiger partial charge in [0.1, 0.15) is 11.8 Å². The Morgan fingerprint density at radius 1 is 1.06 bits per heavy atom. The number of carbonyl (C=O) groups excluding carboxylic acids is 3. The zero-order chi connectivity index (χ0) is 25.1. The number of para-hydroxylation sites is 1. The number of hydrogen-bond acceptors (Lipinski definition) is 5. The molecule has 0 aromatic heterocycles. The van der Waals surface area contributed by atoms with Gasteiger partial charge < -0.3 is 15.0 Å². The lowest BCUT2D eigenvalue weighted by molar-refractivity contribution is -0.136. The molecule has 0 radical (unpaired) electrons. The van der Waals surface area contributed by atoms with E-state index in [1.807, 2.05) is 18.2 Å². The first-order chi connectivity index (χ1) is 17.5. The summed E-state index contributed by atoms with van der Waals surface area (Å²) in [6, 6.07) is 14.3. The van der Waals surface area contributed by atoms with Crippen molar-refractivity contribution in [2.45, 2.75) is 70.0 Å². The molecule has 2 N–H and O–H groups in total. The molecule has 2 aliphatic heterocycles. The molecule has 7 heteroatoms. The second kappa shape index (κ2) is 10.8. The Hall–Kier alpha value is -3.19. The summed E-state index contributed by atoms with van der Waals surface area (Å²) in [4.78, 5) is 38.5. The number of nitrogens with one attached hydrogen (secondary N) is 2. The van der Waals surface area contributed by atoms with Crippen molar-refractivity contribution in [3.8, 4) is 5.75 Å². The van der Waals surface area contributed by atoms with Crippen LogP contribution in [0.15, 0.2) is 42.5 Å². The summed E-state index contributed by atoms with van der Waals surface area (Å²) in [6.07, 6.45) is 7.46. The third-order valence-corrected chi connectivity index (χ3v) is 7.99. The van der Waals surface area contributed by atoms with Gasteiger partial charge >= 0.3 is 0 Å². The van der Waals surface area contributed by atoms with E-state index in [9.17, 15) is 14.4 Å². The maximum atomic E-state index is 13.0. The van der Waals surface area contributed by atoms with E-state index in [4.69, 9.17) is 4.74 Å². The highest BCUT2D eigenvalue weighted by Crippen LogP contribution is 2.32. The highest BCUT2D eigenvalue weighted by Gasteiger charge is 2.39. The Balaban J connectivity index is 1.21. The zero-order valence-corrected chi connectivity index (χ0v) is 20.9. The van der Waals surface area contributed by atoms with Crippen LogP contribution in [0.25, 0.3) is 0 Å². The molecule has 2 fully saturated rings. The van der Waals surface area contributed by atoms with Gasteiger partial charge in [-0.3, -0.25) is 19.7 Å². The van der Waals surface area contributed by atoms with Crippen LogP contribution < -0.4 is 15.4 Å². The molecule has 0 spiro atoms. The van der Waals surface area contributed by atoms with E-state index in [1.165, 1.54) is 36.8 Å². The molecule has 1 saturated carbocycles. The number of fused-ring (bicyclic) bond motifs is 1. The molecule has 3 amide bonds. The number of hydrogen-bond donors (Lipinski definition) is 2. The SMILES string of the molecule is COc1ccccc1CCNC1CCCC[C@@H]1Cc1ccc2c(c1)CN(C1CCC(=O)NC1=O)C2=O. The van der Waals surface area contributed by atoms with Gasteiger partial charge in [-0.05, 0) is 73.4 Å². The molecule has 2 aromatic rings. The molecule has 1 saturated heterocycles. The van der Waals surface area contributed by atoms with Crippen LogP contribution >= 0.6 is 0 Å². The van der Waals surface area contributed by atoms with Gasteiger partial charge in [-0.25, -0.2) is 0 Å². The molecule has 0 bridgehead atoms. The molecule has 190 valence electrons. The van der Waals surface area contributed by atoms with Crippen molar-refractivity contribution in [3.63, 3.8) is 0 Å². The minimum absolute atomic E-state index is 0.111. The monoisotopic (exact) mass is 489 g/mol. The minimum atomic E-state index is -0.568. The maximum absolute atomic E-state index is 13.0. The first-order valence-corrected chi connectivity index (χ1v) is 13.1. The van der Waals surface area contributed by atoms with Crippen molar-refractivity contribution in [1.29, 1.82) is 0 Å². The first kappa shape index (κ1) is 24.5. The lowest BCUT2D eigenvalue weighted by atomic mass is 9.80. The van der Waals surface area contributed by atoms with Crippen molar-refractivity contribution in [3.05, 3.63) is 64.7 Å². The second-order valence-electron chi connectivity index (χ2n) is 10.3. The number of methoxy groups -OCH3 is 1. The molecule has 5 rings (SSSR count). The van der Waals surface area contributed by atoms with Gasteiger partial charge in [0, 0.05) is 24.6 Å². The summed E-state index contributed by atoms with van der Waals surface area (Å²) < 4.78 is 5.50. The number of imide groups is 1. The molecule has 2 heterocycles. The van der Waals surface area contributed by atoms with Crippen molar-refractivity contribution < 1.29 is 19.1 Å². The number of amides is 3. The van der Waals surface area contributed by atoms with Gasteiger partial charge in [-0.1, -0.05) is 43.2 Å². The minimum Gasteiger partial charge on any atom is -0.496 e. The standard InChI is InChI=1S/C29H35N3O4/c1-36-26-9-5-3-6-20(26)14-15-30-24-8-4-2-7-21(24)16-19-10-11-23-22(17-19)18-32(29(23)35)25-12-13-27(33)31-28(25)34/h3,5-6,9-11,17,21,24-25,30H,2,4,7-8,12-16,18H2,1H3,(H,31,33,34)/t21-,24?,25?/m1/s1. The van der Waals surface area contributed by atoms with E-state index >= 15 is 0 Å². The molecule has 2 unspecified atom stereocenters. The molecule has 3 aliphatic rings. The van der Waals surface area contributed by atoms with Crippen molar-refractivity contribution in [2.75, 3.05) is 13.7 Å². The van der Waals surface area contributed by atoms with Crippen LogP contribution in [-0.4, -0.2) is 48.4 Å². The fourth-order valence-corrected chi connectivity index (χ4v) is 6.08. The largest absolute Gasteiger partial charge is 0.496 e. The number of nitrogens with zero attached hydrogens (tertiary/aromatic N) is 1. The summed E-state index contributed by atoms with van der Waals surface area (Å²) in [5.74, 6) is 0.758. The lowest BCUT2D eigenvalue weighted by Gasteiger charge is -2.33. The van der Waals surface area contributed by atoms with Crippen LogP contribution in [0.2, 0.25) is 0 Å². The van der Waals surface area contributed by atoms with Gasteiger partial charge in [-0.15, -0.1) is 0 Å². The number of ether oxygens (including phenoxy) is 1. The van der Waals surface area contributed by atoms with Crippen LogP contribution in [-0.2, 0) is 29.0 Å². The first-order valence-electron chi connectivity index (χ1n) is 13.1. The molecule has 2 aromatic carbocycles. The molecular weight excluding hydrogens is 454 g/mol. The fraction of sp³-hybridized carbons (Fsp3) is 0.483. The Morgan fingerprint density at radius 3 is 2.72 bits per heavy atom. The summed E-state index contributed by atoms with van der Waals surface area (Å²) >= 11 is 0. The van der Waals surface area contributed by atoms with Gasteiger partial charge in [0.2, 0.25) is 11.8 Å². The molecule has 3 atom stereocenters. The van der Waals surface area contributed by atoms with Gasteiger partial charge in [0.05, 0.1) is 7.11 Å². The van der Waals surface area contributed by atoms with E-state index in [0.29, 0.717) is 30.5 Å². The van der Waals surface area contributed by atoms with E-state index in [0.717, 1.165) is 30.7 Å². The number of benzene rings is 2. The average Bonchev–Trinajstić information content (AvgIpc) is 3.20. The Kier molecular flexibility index (Phi) is 7.37. The smallest absolute Gasteiger partial charge is 0.255 e. The van der Waals surface area contributed by atoms with E-state index in [1.54, 1.807) is 12.0 Å². The highest BCUT2D eigenvalue weighted by atomic mass is 16.5. The summed E-state index contributed by atoms with van der Waals surface area (Å²) in [5, 5.41) is 6.19. The molecule has 7 nitrogen and oxygen atoms in total. The number of carbonyl (C=O) groups is 3. The lowest BCUT2D eigenvalue weighted by Crippen LogP contribution is -2.52. The second-order valence-corrected chi connectivity index (χ2v) is 10.3. The van der Waals surface area contributed by atoms with E-state index in [2.05, 4.69) is 34.9 Å². The maximum Gasteiger partial charge on any atom is 0.255 e. The summed E-state index contributed by atoms with van der Waals surface area (Å²) in [5.41, 5.74) is 4.14. The average molecular weight is 490 g/mol. The zero-order valence-electron chi connectivity index (χ0n) is 20.9. The predicted molar refractivity (Wildman–Crippen MR) is 137 cm³/mol. The van der Waals surface area contributed by atoms with Gasteiger partial charge in [-0.2, -0.15) is 0 Å². The van der Waals surface area contributed by atoms with Crippen LogP contribution in [0, 0.1) is 5.92 Å². The summed E-state index contributed by atoms with van der Waals surface area (Å²) in [7, 11) is 1.72. The fourth-order valence-electron chi connectivity index (χ4n) is 6.08. The molecule has 1 aliphatic carbocycles. The van der Waals surface area contributed by atoms with E-state index < -0.39 is 6.04 Å². The molecular formula is C29H35N3O4. The van der Waals surface area contributed by atoms with Gasteiger partial charge in [0.25, 0.3) is 5.91 Å². The van der Waals surface area contributed by atoms with Crippen LogP contribution in [0.1, 0.15) is 65.6 Å². The van der Waals surface area contributed by atoms with Crippen LogP contribution in [0.5, 0.6) is 5.75 Å². The Labute approximate surface area is 212 Å². The van der Waals surface area contributed by atoms with Crippen LogP contribution in [0.3, 0.4) is 0 Å². The van der Waals surface area contributed by atoms with Crippen LogP contribution in [0.4, 0.5) is 0 Å². The van der Waals surface area contributed by atoms with Crippen molar-refractivity contribution in [1.82, 2.24) is 15.5 Å². The third kappa shape index (κ3) is 5.16. The summed E-state index contributed by atoms with van der Waals surface area (Å²) in [6.45, 7) is 1.35. The normalized spacial score (nSPS) is 24.0. The predicted octanol–water partition coefficient (Wildman–Crippen LogP) is 3.39. The van der Waals surface area contributed by atoms with Crippen molar-refractivity contribution in [2.24, 2.45) is 5.92 Å². The molecule has 36 heavy (non-hydrogen) atoms. The Morgan fingerprint density at radius 2 is 1.89 bits per heavy atom. The van der Waals surface area contributed by atoms with Crippen molar-refractivity contribution >= 4 is 17.7 Å². The number of piperidine rings is 1. The topological polar surface area (TPSA) is 87.7 Å². The van der Waals surface area contributed by atoms with E-state index in [-0.39, 0.29) is 24.1 Å². The number of rotatable bonds is 8. The quantitative estimate of drug-likeness (QED) is 0.555. The highest BCUT2D eigenvalue weighted by molar-refractivity contribution is 6.05. The van der Waals surface area contributed by atoms with Gasteiger partial charge in [0.15, 0.2) is 0 Å². The third-order valence-electron chi connectivity index (χ3n) is 7.99.